The molecule has 200 valence electrons. The average Bonchev–Trinajstić information content (AvgIpc) is 3.22. The molecular formula is C29H36F3N3O2. The van der Waals surface area contributed by atoms with Crippen LogP contribution in [0.5, 0.6) is 0 Å². The largest absolute Gasteiger partial charge is 0.461 e. The molecule has 1 aliphatic carbocycles. The molecule has 3 aromatic rings. The first kappa shape index (κ1) is 27.0. The van der Waals surface area contributed by atoms with E-state index in [-0.39, 0.29) is 11.8 Å². The Hall–Kier alpha value is -3.03. The van der Waals surface area contributed by atoms with Crippen LogP contribution in [0.1, 0.15) is 58.6 Å². The maximum atomic E-state index is 14.0. The van der Waals surface area contributed by atoms with Gasteiger partial charge in [0.15, 0.2) is 0 Å². The molecule has 1 unspecified atom stereocenters. The summed E-state index contributed by atoms with van der Waals surface area (Å²) in [5.74, 6) is 1.07. The zero-order valence-corrected chi connectivity index (χ0v) is 22.3. The Morgan fingerprint density at radius 1 is 1.11 bits per heavy atom. The molecule has 0 bridgehead atoms. The summed E-state index contributed by atoms with van der Waals surface area (Å²) in [6.07, 6.45) is -1.76. The Kier molecular flexibility index (Phi) is 7.58. The van der Waals surface area contributed by atoms with E-state index in [9.17, 15) is 18.0 Å². The summed E-state index contributed by atoms with van der Waals surface area (Å²) in [5, 5.41) is 0. The van der Waals surface area contributed by atoms with Gasteiger partial charge >= 0.3 is 12.1 Å². The number of para-hydroxylation sites is 2. The summed E-state index contributed by atoms with van der Waals surface area (Å²) in [6.45, 7) is 8.22. The highest BCUT2D eigenvalue weighted by Crippen LogP contribution is 2.40. The quantitative estimate of drug-likeness (QED) is 0.322. The molecular weight excluding hydrogens is 479 g/mol. The summed E-state index contributed by atoms with van der Waals surface area (Å²) in [7, 11) is 3.15. The molecule has 0 saturated heterocycles. The first-order valence-electron chi connectivity index (χ1n) is 12.9. The molecule has 1 fully saturated rings. The number of carbonyl (C=O) groups is 1. The lowest BCUT2D eigenvalue weighted by atomic mass is 9.75. The fourth-order valence-corrected chi connectivity index (χ4v) is 5.54. The van der Waals surface area contributed by atoms with Crippen LogP contribution in [-0.4, -0.2) is 35.7 Å². The van der Waals surface area contributed by atoms with Crippen LogP contribution in [0.25, 0.3) is 22.4 Å². The van der Waals surface area contributed by atoms with Gasteiger partial charge in [-0.1, -0.05) is 39.3 Å². The molecule has 0 aliphatic heterocycles. The van der Waals surface area contributed by atoms with Crippen molar-refractivity contribution in [2.75, 3.05) is 19.0 Å². The number of hydrogen-bond donors (Lipinski definition) is 0. The van der Waals surface area contributed by atoms with Gasteiger partial charge in [0.25, 0.3) is 0 Å². The normalized spacial score (nSPS) is 21.3. The van der Waals surface area contributed by atoms with Crippen molar-refractivity contribution in [1.82, 2.24) is 9.55 Å². The summed E-state index contributed by atoms with van der Waals surface area (Å²) in [4.78, 5) is 19.6. The van der Waals surface area contributed by atoms with Gasteiger partial charge in [-0.25, -0.2) is 9.78 Å². The van der Waals surface area contributed by atoms with Crippen LogP contribution in [0.15, 0.2) is 42.5 Å². The van der Waals surface area contributed by atoms with Gasteiger partial charge in [0.2, 0.25) is 0 Å². The molecule has 5 nitrogen and oxygen atoms in total. The predicted molar refractivity (Wildman–Crippen MR) is 140 cm³/mol. The van der Waals surface area contributed by atoms with Crippen LogP contribution in [0.2, 0.25) is 0 Å². The first-order chi connectivity index (χ1) is 17.4. The Bertz CT molecular complexity index is 1270. The molecule has 0 radical (unpaired) electrons. The van der Waals surface area contributed by atoms with Gasteiger partial charge in [0.1, 0.15) is 18.0 Å². The molecule has 4 atom stereocenters. The highest BCUT2D eigenvalue weighted by molar-refractivity contribution is 5.85. The topological polar surface area (TPSA) is 47.4 Å². The Balaban J connectivity index is 1.76. The van der Waals surface area contributed by atoms with Gasteiger partial charge in [-0.2, -0.15) is 13.2 Å². The maximum absolute atomic E-state index is 14.0. The lowest BCUT2D eigenvalue weighted by Gasteiger charge is -2.37. The summed E-state index contributed by atoms with van der Waals surface area (Å²) < 4.78 is 49.7. The second-order valence-electron chi connectivity index (χ2n) is 10.9. The van der Waals surface area contributed by atoms with E-state index < -0.39 is 23.8 Å². The predicted octanol–water partition coefficient (Wildman–Crippen LogP) is 7.35. The number of carbonyl (C=O) groups excluding carboxylic acids is 1. The van der Waals surface area contributed by atoms with E-state index in [0.717, 1.165) is 25.3 Å². The first-order valence-corrected chi connectivity index (χ1v) is 12.9. The van der Waals surface area contributed by atoms with Crippen LogP contribution >= 0.6 is 0 Å². The number of aromatic nitrogens is 2. The van der Waals surface area contributed by atoms with Crippen LogP contribution in [0, 0.1) is 17.8 Å². The van der Waals surface area contributed by atoms with Crippen LogP contribution < -0.4 is 4.90 Å². The molecule has 37 heavy (non-hydrogen) atoms. The zero-order valence-electron chi connectivity index (χ0n) is 22.3. The number of ether oxygens (including phenoxy) is 1. The second-order valence-corrected chi connectivity index (χ2v) is 10.9. The van der Waals surface area contributed by atoms with Crippen molar-refractivity contribution in [2.45, 2.75) is 65.3 Å². The minimum atomic E-state index is -4.54. The van der Waals surface area contributed by atoms with Crippen LogP contribution in [-0.2, 0) is 15.7 Å². The number of anilines is 1. The Labute approximate surface area is 216 Å². The smallest absolute Gasteiger partial charge is 0.418 e. The molecule has 1 heterocycles. The van der Waals surface area contributed by atoms with Gasteiger partial charge in [0, 0.05) is 25.3 Å². The lowest BCUT2D eigenvalue weighted by Crippen LogP contribution is -2.37. The number of nitrogens with zero attached hydrogens (tertiary/aromatic N) is 3. The van der Waals surface area contributed by atoms with Gasteiger partial charge in [-0.15, -0.1) is 0 Å². The van der Waals surface area contributed by atoms with Crippen molar-refractivity contribution in [1.29, 1.82) is 0 Å². The van der Waals surface area contributed by atoms with E-state index in [1.54, 1.807) is 37.7 Å². The van der Waals surface area contributed by atoms with E-state index in [2.05, 4.69) is 25.8 Å². The summed E-state index contributed by atoms with van der Waals surface area (Å²) >= 11 is 0. The molecule has 1 aliphatic rings. The van der Waals surface area contributed by atoms with E-state index >= 15 is 0 Å². The minimum absolute atomic E-state index is 0.0671. The number of hydrogen-bond acceptors (Lipinski definition) is 4. The monoisotopic (exact) mass is 515 g/mol. The lowest BCUT2D eigenvalue weighted by molar-refractivity contribution is -0.159. The second kappa shape index (κ2) is 10.4. The van der Waals surface area contributed by atoms with Crippen molar-refractivity contribution >= 4 is 22.7 Å². The third-order valence-corrected chi connectivity index (χ3v) is 7.60. The molecule has 0 N–H and O–H groups in total. The van der Waals surface area contributed by atoms with E-state index in [4.69, 9.17) is 4.74 Å². The number of halogens is 3. The number of imidazole rings is 1. The van der Waals surface area contributed by atoms with Crippen LogP contribution in [0.4, 0.5) is 18.9 Å². The Morgan fingerprint density at radius 3 is 2.46 bits per heavy atom. The minimum Gasteiger partial charge on any atom is -0.461 e. The van der Waals surface area contributed by atoms with Crippen molar-refractivity contribution in [2.24, 2.45) is 17.8 Å². The SMILES string of the molecule is CC1CC[C@@H](C(C)C)[C@H](OC(=O)[C@@H](C)n2c(-c3ccc(N(C)C)c(C(F)(F)F)c3)nc3ccccc32)C1. The maximum Gasteiger partial charge on any atom is 0.418 e. The van der Waals surface area contributed by atoms with Crippen molar-refractivity contribution in [3.63, 3.8) is 0 Å². The third-order valence-electron chi connectivity index (χ3n) is 7.60. The van der Waals surface area contributed by atoms with Gasteiger partial charge in [0.05, 0.1) is 16.6 Å². The fourth-order valence-electron chi connectivity index (χ4n) is 5.54. The summed E-state index contributed by atoms with van der Waals surface area (Å²) in [5.41, 5.74) is 0.885. The number of alkyl halides is 3. The van der Waals surface area contributed by atoms with Gasteiger partial charge < -0.3 is 14.2 Å². The van der Waals surface area contributed by atoms with Crippen molar-refractivity contribution in [3.8, 4) is 11.4 Å². The molecule has 1 saturated carbocycles. The van der Waals surface area contributed by atoms with E-state index in [1.165, 1.54) is 11.0 Å². The van der Waals surface area contributed by atoms with Gasteiger partial charge in [-0.3, -0.25) is 0 Å². The van der Waals surface area contributed by atoms with Crippen LogP contribution in [0.3, 0.4) is 0 Å². The molecule has 4 rings (SSSR count). The Morgan fingerprint density at radius 2 is 1.81 bits per heavy atom. The third kappa shape index (κ3) is 5.48. The standard InChI is InChI=1S/C29H36F3N3O2/c1-17(2)21-13-11-18(3)15-26(21)37-28(36)19(4)35-25-10-8-7-9-23(25)33-27(35)20-12-14-24(34(5)6)22(16-20)29(30,31)32/h7-10,12,14,16-19,21,26H,11,13,15H2,1-6H3/t18?,19-,21+,26-/m1/s1. The van der Waals surface area contributed by atoms with E-state index in [1.807, 2.05) is 18.2 Å². The number of benzene rings is 2. The highest BCUT2D eigenvalue weighted by atomic mass is 19.4. The number of fused-ring (bicyclic) bond motifs is 1. The highest BCUT2D eigenvalue weighted by Gasteiger charge is 2.37. The number of rotatable bonds is 6. The molecule has 1 aromatic heterocycles. The van der Waals surface area contributed by atoms with Crippen molar-refractivity contribution < 1.29 is 22.7 Å². The summed E-state index contributed by atoms with van der Waals surface area (Å²) in [6, 6.07) is 10.7. The molecule has 0 amide bonds. The van der Waals surface area contributed by atoms with Crippen molar-refractivity contribution in [3.05, 3.63) is 48.0 Å². The molecule has 8 heteroatoms. The molecule has 0 spiro atoms. The fraction of sp³-hybridized carbons (Fsp3) is 0.517. The molecule has 2 aromatic carbocycles. The average molecular weight is 516 g/mol. The van der Waals surface area contributed by atoms with Gasteiger partial charge in [-0.05, 0) is 67.9 Å². The van der Waals surface area contributed by atoms with E-state index in [0.29, 0.717) is 40.2 Å². The number of esters is 1. The zero-order chi connectivity index (χ0) is 27.1.